The Kier molecular flexibility index (Phi) is 7.66. The number of ether oxygens (including phenoxy) is 1. The molecule has 1 aromatic rings. The van der Waals surface area contributed by atoms with Crippen molar-refractivity contribution in [1.29, 1.82) is 0 Å². The number of aryl methyl sites for hydroxylation is 1. The minimum absolute atomic E-state index is 0.405. The van der Waals surface area contributed by atoms with Crippen LogP contribution in [0.3, 0.4) is 0 Å². The van der Waals surface area contributed by atoms with Gasteiger partial charge in [-0.2, -0.15) is 0 Å². The molecule has 0 aromatic heterocycles. The van der Waals surface area contributed by atoms with Crippen LogP contribution in [0.1, 0.15) is 43.9 Å². The monoisotopic (exact) mass is 327 g/mol. The van der Waals surface area contributed by atoms with Gasteiger partial charge in [0.05, 0.1) is 0 Å². The molecule has 0 aliphatic heterocycles. The molecular weight excluding hydrogens is 302 g/mol. The zero-order valence-electron chi connectivity index (χ0n) is 12.5. The second kappa shape index (κ2) is 8.72. The van der Waals surface area contributed by atoms with Gasteiger partial charge in [-0.25, -0.2) is 0 Å². The fourth-order valence-electron chi connectivity index (χ4n) is 2.28. The molecule has 1 aromatic carbocycles. The van der Waals surface area contributed by atoms with E-state index in [2.05, 4.69) is 60.2 Å². The second-order valence-corrected chi connectivity index (χ2v) is 6.05. The minimum Gasteiger partial charge on any atom is -0.385 e. The highest BCUT2D eigenvalue weighted by atomic mass is 79.9. The van der Waals surface area contributed by atoms with Gasteiger partial charge in [-0.15, -0.1) is 0 Å². The van der Waals surface area contributed by atoms with Crippen molar-refractivity contribution in [3.8, 4) is 0 Å². The first kappa shape index (κ1) is 16.7. The maximum absolute atomic E-state index is 5.21. The van der Waals surface area contributed by atoms with Crippen molar-refractivity contribution in [2.75, 3.05) is 20.3 Å². The predicted molar refractivity (Wildman–Crippen MR) is 85.6 cm³/mol. The summed E-state index contributed by atoms with van der Waals surface area (Å²) in [5, 5.41) is 3.67. The number of methoxy groups -OCH3 is 1. The van der Waals surface area contributed by atoms with Gasteiger partial charge in [0.25, 0.3) is 0 Å². The lowest BCUT2D eigenvalue weighted by Crippen LogP contribution is -2.28. The van der Waals surface area contributed by atoms with Gasteiger partial charge < -0.3 is 10.1 Å². The van der Waals surface area contributed by atoms with Gasteiger partial charge in [0.1, 0.15) is 0 Å². The molecule has 0 spiro atoms. The van der Waals surface area contributed by atoms with Crippen LogP contribution in [-0.4, -0.2) is 20.3 Å². The summed E-state index contributed by atoms with van der Waals surface area (Å²) in [6.07, 6.45) is 2.23. The Morgan fingerprint density at radius 1 is 1.37 bits per heavy atom. The Balaban J connectivity index is 2.84. The Hall–Kier alpha value is -0.380. The van der Waals surface area contributed by atoms with Gasteiger partial charge in [-0.05, 0) is 49.4 Å². The van der Waals surface area contributed by atoms with Gasteiger partial charge in [-0.1, -0.05) is 41.9 Å². The molecule has 1 rings (SSSR count). The van der Waals surface area contributed by atoms with Gasteiger partial charge in [0.2, 0.25) is 0 Å². The van der Waals surface area contributed by atoms with Gasteiger partial charge in [0, 0.05) is 24.2 Å². The first-order valence-electron chi connectivity index (χ1n) is 7.08. The van der Waals surface area contributed by atoms with Crippen molar-refractivity contribution in [2.45, 2.75) is 39.7 Å². The Morgan fingerprint density at radius 2 is 2.11 bits per heavy atom. The molecule has 2 unspecified atom stereocenters. The summed E-state index contributed by atoms with van der Waals surface area (Å²) in [7, 11) is 1.77. The van der Waals surface area contributed by atoms with Crippen LogP contribution in [0, 0.1) is 12.8 Å². The van der Waals surface area contributed by atoms with Crippen LogP contribution in [0.5, 0.6) is 0 Å². The normalized spacial score (nSPS) is 14.4. The van der Waals surface area contributed by atoms with Crippen molar-refractivity contribution in [3.05, 3.63) is 33.8 Å². The Labute approximate surface area is 126 Å². The first-order chi connectivity index (χ1) is 9.10. The quantitative estimate of drug-likeness (QED) is 0.760. The Morgan fingerprint density at radius 3 is 2.68 bits per heavy atom. The van der Waals surface area contributed by atoms with Crippen LogP contribution in [0.25, 0.3) is 0 Å². The average molecular weight is 328 g/mol. The highest BCUT2D eigenvalue weighted by molar-refractivity contribution is 9.10. The van der Waals surface area contributed by atoms with E-state index in [0.29, 0.717) is 12.0 Å². The van der Waals surface area contributed by atoms with E-state index in [0.717, 1.165) is 26.0 Å². The summed E-state index contributed by atoms with van der Waals surface area (Å²) in [5.74, 6) is 0.562. The SMILES string of the molecule is CCCNC(c1ccc(Br)c(C)c1)C(C)CCOC. The van der Waals surface area contributed by atoms with Crippen LogP contribution in [0.15, 0.2) is 22.7 Å². The Bertz CT molecular complexity index is 381. The molecular formula is C16H26BrNO. The molecule has 0 radical (unpaired) electrons. The van der Waals surface area contributed by atoms with E-state index in [4.69, 9.17) is 4.74 Å². The number of nitrogens with one attached hydrogen (secondary N) is 1. The van der Waals surface area contributed by atoms with E-state index in [1.807, 2.05) is 0 Å². The third-order valence-electron chi connectivity index (χ3n) is 3.50. The lowest BCUT2D eigenvalue weighted by atomic mass is 9.91. The maximum Gasteiger partial charge on any atom is 0.0465 e. The van der Waals surface area contributed by atoms with Crippen LogP contribution in [0.2, 0.25) is 0 Å². The third-order valence-corrected chi connectivity index (χ3v) is 4.39. The minimum atomic E-state index is 0.405. The second-order valence-electron chi connectivity index (χ2n) is 5.20. The summed E-state index contributed by atoms with van der Waals surface area (Å²) in [4.78, 5) is 0. The molecule has 19 heavy (non-hydrogen) atoms. The molecule has 1 N–H and O–H groups in total. The molecule has 3 heteroatoms. The number of rotatable bonds is 8. The molecule has 2 atom stereocenters. The molecule has 0 bridgehead atoms. The van der Waals surface area contributed by atoms with E-state index < -0.39 is 0 Å². The molecule has 108 valence electrons. The van der Waals surface area contributed by atoms with Gasteiger partial charge in [-0.3, -0.25) is 0 Å². The van der Waals surface area contributed by atoms with Gasteiger partial charge in [0.15, 0.2) is 0 Å². The summed E-state index contributed by atoms with van der Waals surface area (Å²) < 4.78 is 6.39. The molecule has 0 amide bonds. The van der Waals surface area contributed by atoms with Crippen LogP contribution >= 0.6 is 15.9 Å². The highest BCUT2D eigenvalue weighted by Gasteiger charge is 2.18. The highest BCUT2D eigenvalue weighted by Crippen LogP contribution is 2.27. The smallest absolute Gasteiger partial charge is 0.0465 e. The van der Waals surface area contributed by atoms with Crippen molar-refractivity contribution in [1.82, 2.24) is 5.32 Å². The molecule has 0 heterocycles. The van der Waals surface area contributed by atoms with Crippen LogP contribution in [0.4, 0.5) is 0 Å². The maximum atomic E-state index is 5.21. The van der Waals surface area contributed by atoms with E-state index in [9.17, 15) is 0 Å². The number of halogens is 1. The van der Waals surface area contributed by atoms with Crippen LogP contribution in [-0.2, 0) is 4.74 Å². The summed E-state index contributed by atoms with van der Waals surface area (Å²) >= 11 is 3.57. The molecule has 0 saturated carbocycles. The van der Waals surface area contributed by atoms with E-state index in [-0.39, 0.29) is 0 Å². The fraction of sp³-hybridized carbons (Fsp3) is 0.625. The summed E-state index contributed by atoms with van der Waals surface area (Å²) in [6.45, 7) is 8.52. The molecule has 0 fully saturated rings. The third kappa shape index (κ3) is 5.25. The molecule has 0 aliphatic rings. The summed E-state index contributed by atoms with van der Waals surface area (Å²) in [5.41, 5.74) is 2.66. The zero-order valence-corrected chi connectivity index (χ0v) is 14.1. The standard InChI is InChI=1S/C16H26BrNO/c1-5-9-18-16(12(2)8-10-19-4)14-6-7-15(17)13(3)11-14/h6-7,11-12,16,18H,5,8-10H2,1-4H3. The lowest BCUT2D eigenvalue weighted by Gasteiger charge is -2.26. The number of hydrogen-bond donors (Lipinski definition) is 1. The van der Waals surface area contributed by atoms with E-state index in [1.54, 1.807) is 7.11 Å². The molecule has 0 aliphatic carbocycles. The van der Waals surface area contributed by atoms with E-state index in [1.165, 1.54) is 15.6 Å². The average Bonchev–Trinajstić information content (AvgIpc) is 2.40. The van der Waals surface area contributed by atoms with Crippen LogP contribution < -0.4 is 5.32 Å². The summed E-state index contributed by atoms with van der Waals surface area (Å²) in [6, 6.07) is 7.05. The molecule has 2 nitrogen and oxygen atoms in total. The number of benzene rings is 1. The largest absolute Gasteiger partial charge is 0.385 e. The van der Waals surface area contributed by atoms with Crippen molar-refractivity contribution in [2.24, 2.45) is 5.92 Å². The lowest BCUT2D eigenvalue weighted by molar-refractivity contribution is 0.170. The molecule has 0 saturated heterocycles. The van der Waals surface area contributed by atoms with Gasteiger partial charge >= 0.3 is 0 Å². The van der Waals surface area contributed by atoms with Crippen molar-refractivity contribution < 1.29 is 4.74 Å². The zero-order chi connectivity index (χ0) is 14.3. The topological polar surface area (TPSA) is 21.3 Å². The first-order valence-corrected chi connectivity index (χ1v) is 7.87. The van der Waals surface area contributed by atoms with Crippen molar-refractivity contribution >= 4 is 15.9 Å². The predicted octanol–water partition coefficient (Wildman–Crippen LogP) is 4.47. The number of hydrogen-bond acceptors (Lipinski definition) is 2. The van der Waals surface area contributed by atoms with Crippen molar-refractivity contribution in [3.63, 3.8) is 0 Å². The fourth-order valence-corrected chi connectivity index (χ4v) is 2.53. The van der Waals surface area contributed by atoms with E-state index >= 15 is 0 Å².